The molecule has 0 saturated carbocycles. The number of esters is 1. The lowest BCUT2D eigenvalue weighted by atomic mass is 10.1. The first kappa shape index (κ1) is 21.1. The first-order valence-electron chi connectivity index (χ1n) is 8.96. The van der Waals surface area contributed by atoms with Gasteiger partial charge in [-0.1, -0.05) is 18.2 Å². The van der Waals surface area contributed by atoms with Crippen molar-refractivity contribution in [1.29, 1.82) is 0 Å². The van der Waals surface area contributed by atoms with Gasteiger partial charge in [-0.2, -0.15) is 0 Å². The molecule has 0 bridgehead atoms. The van der Waals surface area contributed by atoms with Crippen LogP contribution in [0, 0.1) is 0 Å². The first-order valence-corrected chi connectivity index (χ1v) is 10.4. The van der Waals surface area contributed by atoms with E-state index in [1.165, 1.54) is 67.0 Å². The third kappa shape index (κ3) is 4.49. The van der Waals surface area contributed by atoms with Crippen LogP contribution in [0.2, 0.25) is 0 Å². The zero-order valence-corrected chi connectivity index (χ0v) is 17.2. The number of benzene rings is 3. The molecule has 3 aromatic rings. The second-order valence-electron chi connectivity index (χ2n) is 6.36. The van der Waals surface area contributed by atoms with Gasteiger partial charge in [-0.25, -0.2) is 13.2 Å². The number of carbonyl (C=O) groups is 2. The Hall–Kier alpha value is -3.65. The van der Waals surface area contributed by atoms with E-state index in [1.54, 1.807) is 24.3 Å². The molecular weight excluding hydrogens is 404 g/mol. The Bertz CT molecular complexity index is 1140. The minimum atomic E-state index is -3.73. The minimum absolute atomic E-state index is 0.106. The van der Waals surface area contributed by atoms with E-state index in [2.05, 4.69) is 10.1 Å². The number of hydrogen-bond acceptors (Lipinski definition) is 5. The number of para-hydroxylation sites is 1. The third-order valence-corrected chi connectivity index (χ3v) is 6.26. The number of sulfonamides is 1. The van der Waals surface area contributed by atoms with E-state index in [0.29, 0.717) is 22.5 Å². The molecular formula is C22H20N2O5S. The van der Waals surface area contributed by atoms with E-state index in [-0.39, 0.29) is 10.8 Å². The largest absolute Gasteiger partial charge is 0.465 e. The highest BCUT2D eigenvalue weighted by molar-refractivity contribution is 7.92. The second kappa shape index (κ2) is 8.79. The molecule has 0 fully saturated rings. The van der Waals surface area contributed by atoms with E-state index in [9.17, 15) is 18.0 Å². The van der Waals surface area contributed by atoms with Crippen LogP contribution in [0.1, 0.15) is 20.7 Å². The van der Waals surface area contributed by atoms with E-state index < -0.39 is 16.0 Å². The van der Waals surface area contributed by atoms with Crippen LogP contribution in [-0.4, -0.2) is 34.5 Å². The van der Waals surface area contributed by atoms with Gasteiger partial charge in [0, 0.05) is 18.3 Å². The molecule has 0 unspecified atom stereocenters. The summed E-state index contributed by atoms with van der Waals surface area (Å²) >= 11 is 0. The maximum Gasteiger partial charge on any atom is 0.337 e. The molecule has 8 heteroatoms. The standard InChI is InChI=1S/C22H20N2O5S/c1-24(19-6-4-3-5-7-19)30(27,28)20-14-12-18(13-15-20)23-21(25)16-8-10-17(11-9-16)22(26)29-2/h3-15H,1-2H3,(H,23,25). The Morgan fingerprint density at radius 1 is 0.833 bits per heavy atom. The third-order valence-electron chi connectivity index (χ3n) is 4.46. The lowest BCUT2D eigenvalue weighted by molar-refractivity contribution is 0.0600. The van der Waals surface area contributed by atoms with Crippen LogP contribution >= 0.6 is 0 Å². The van der Waals surface area contributed by atoms with Crippen LogP contribution in [0.15, 0.2) is 83.8 Å². The molecule has 1 N–H and O–H groups in total. The maximum atomic E-state index is 12.8. The Morgan fingerprint density at radius 3 is 1.97 bits per heavy atom. The molecule has 3 aromatic carbocycles. The quantitative estimate of drug-likeness (QED) is 0.611. The number of anilines is 2. The normalized spacial score (nSPS) is 10.9. The molecule has 1 amide bonds. The average molecular weight is 424 g/mol. The Kier molecular flexibility index (Phi) is 6.17. The van der Waals surface area contributed by atoms with Gasteiger partial charge in [-0.3, -0.25) is 9.10 Å². The van der Waals surface area contributed by atoms with E-state index in [1.807, 2.05) is 6.07 Å². The van der Waals surface area contributed by atoms with Crippen molar-refractivity contribution in [3.63, 3.8) is 0 Å². The number of rotatable bonds is 6. The van der Waals surface area contributed by atoms with Gasteiger partial charge < -0.3 is 10.1 Å². The first-order chi connectivity index (χ1) is 14.3. The van der Waals surface area contributed by atoms with Gasteiger partial charge in [0.2, 0.25) is 0 Å². The maximum absolute atomic E-state index is 12.8. The zero-order valence-electron chi connectivity index (χ0n) is 16.4. The van der Waals surface area contributed by atoms with Gasteiger partial charge in [-0.05, 0) is 60.7 Å². The lowest BCUT2D eigenvalue weighted by Gasteiger charge is -2.19. The summed E-state index contributed by atoms with van der Waals surface area (Å²) in [5, 5.41) is 2.70. The van der Waals surface area contributed by atoms with Gasteiger partial charge >= 0.3 is 5.97 Å². The number of methoxy groups -OCH3 is 1. The summed E-state index contributed by atoms with van der Waals surface area (Å²) in [6, 6.07) is 20.7. The van der Waals surface area contributed by atoms with Crippen molar-refractivity contribution in [3.05, 3.63) is 90.0 Å². The zero-order chi connectivity index (χ0) is 21.7. The van der Waals surface area contributed by atoms with Crippen LogP contribution in [-0.2, 0) is 14.8 Å². The van der Waals surface area contributed by atoms with Gasteiger partial charge in [-0.15, -0.1) is 0 Å². The van der Waals surface area contributed by atoms with Crippen LogP contribution in [0.25, 0.3) is 0 Å². The molecule has 30 heavy (non-hydrogen) atoms. The van der Waals surface area contributed by atoms with Crippen molar-refractivity contribution in [3.8, 4) is 0 Å². The van der Waals surface area contributed by atoms with Crippen molar-refractivity contribution in [1.82, 2.24) is 0 Å². The van der Waals surface area contributed by atoms with Crippen molar-refractivity contribution >= 4 is 33.3 Å². The molecule has 0 atom stereocenters. The van der Waals surface area contributed by atoms with E-state index >= 15 is 0 Å². The van der Waals surface area contributed by atoms with Crippen molar-refractivity contribution in [2.45, 2.75) is 4.90 Å². The summed E-state index contributed by atoms with van der Waals surface area (Å²) in [5.41, 5.74) is 1.68. The molecule has 0 heterocycles. The predicted molar refractivity (Wildman–Crippen MR) is 114 cm³/mol. The Labute approximate surface area is 175 Å². The van der Waals surface area contributed by atoms with Crippen molar-refractivity contribution < 1.29 is 22.7 Å². The number of amides is 1. The minimum Gasteiger partial charge on any atom is -0.465 e. The van der Waals surface area contributed by atoms with Crippen LogP contribution in [0.4, 0.5) is 11.4 Å². The molecule has 7 nitrogen and oxygen atoms in total. The fourth-order valence-corrected chi connectivity index (χ4v) is 3.92. The summed E-state index contributed by atoms with van der Waals surface area (Å²) in [7, 11) is -0.961. The molecule has 0 aliphatic heterocycles. The highest BCUT2D eigenvalue weighted by atomic mass is 32.2. The van der Waals surface area contributed by atoms with Crippen molar-refractivity contribution in [2.75, 3.05) is 23.8 Å². The predicted octanol–water partition coefficient (Wildman–Crippen LogP) is 3.55. The highest BCUT2D eigenvalue weighted by Gasteiger charge is 2.21. The van der Waals surface area contributed by atoms with Gasteiger partial charge in [0.05, 0.1) is 23.3 Å². The highest BCUT2D eigenvalue weighted by Crippen LogP contribution is 2.23. The molecule has 3 rings (SSSR count). The number of nitrogens with zero attached hydrogens (tertiary/aromatic N) is 1. The van der Waals surface area contributed by atoms with E-state index in [4.69, 9.17) is 0 Å². The average Bonchev–Trinajstić information content (AvgIpc) is 2.79. The van der Waals surface area contributed by atoms with Crippen LogP contribution < -0.4 is 9.62 Å². The van der Waals surface area contributed by atoms with Crippen LogP contribution in [0.5, 0.6) is 0 Å². The molecule has 0 aromatic heterocycles. The summed E-state index contributed by atoms with van der Waals surface area (Å²) in [6.07, 6.45) is 0. The molecule has 0 aliphatic rings. The summed E-state index contributed by atoms with van der Waals surface area (Å²) < 4.78 is 31.4. The molecule has 0 aliphatic carbocycles. The van der Waals surface area contributed by atoms with E-state index in [0.717, 1.165) is 0 Å². The summed E-state index contributed by atoms with van der Waals surface area (Å²) in [5.74, 6) is -0.873. The summed E-state index contributed by atoms with van der Waals surface area (Å²) in [6.45, 7) is 0. The fraction of sp³-hybridized carbons (Fsp3) is 0.0909. The molecule has 154 valence electrons. The monoisotopic (exact) mass is 424 g/mol. The molecule has 0 spiro atoms. The van der Waals surface area contributed by atoms with Gasteiger partial charge in [0.25, 0.3) is 15.9 Å². The smallest absolute Gasteiger partial charge is 0.337 e. The molecule has 0 saturated heterocycles. The van der Waals surface area contributed by atoms with Crippen LogP contribution in [0.3, 0.4) is 0 Å². The fourth-order valence-electron chi connectivity index (χ4n) is 2.72. The van der Waals surface area contributed by atoms with Gasteiger partial charge in [0.1, 0.15) is 0 Å². The second-order valence-corrected chi connectivity index (χ2v) is 8.32. The number of ether oxygens (including phenoxy) is 1. The number of hydrogen-bond donors (Lipinski definition) is 1. The van der Waals surface area contributed by atoms with Crippen molar-refractivity contribution in [2.24, 2.45) is 0 Å². The lowest BCUT2D eigenvalue weighted by Crippen LogP contribution is -2.26. The Balaban J connectivity index is 1.72. The Morgan fingerprint density at radius 2 is 1.40 bits per heavy atom. The summed E-state index contributed by atoms with van der Waals surface area (Å²) in [4.78, 5) is 24.0. The molecule has 0 radical (unpaired) electrons. The SMILES string of the molecule is COC(=O)c1ccc(C(=O)Nc2ccc(S(=O)(=O)N(C)c3ccccc3)cc2)cc1. The number of carbonyl (C=O) groups excluding carboxylic acids is 2. The van der Waals surface area contributed by atoms with Gasteiger partial charge in [0.15, 0.2) is 0 Å². The topological polar surface area (TPSA) is 92.8 Å². The number of nitrogens with one attached hydrogen (secondary N) is 1.